The van der Waals surface area contributed by atoms with Crippen molar-refractivity contribution >= 4 is 0 Å². The molecule has 0 spiro atoms. The maximum Gasteiger partial charge on any atom is 0.121 e. The molecule has 7 N–H and O–H groups in total. The summed E-state index contributed by atoms with van der Waals surface area (Å²) in [5.74, 6) is 5.81. The molecule has 0 bridgehead atoms. The van der Waals surface area contributed by atoms with E-state index in [0.29, 0.717) is 5.70 Å². The van der Waals surface area contributed by atoms with Gasteiger partial charge in [0.25, 0.3) is 0 Å². The first-order valence-corrected chi connectivity index (χ1v) is 5.76. The van der Waals surface area contributed by atoms with Gasteiger partial charge in [0.1, 0.15) is 5.66 Å². The molecule has 0 rings (SSSR count). The Morgan fingerprint density at radius 2 is 1.94 bits per heavy atom. The topological polar surface area (TPSA) is 93.3 Å². The Balaban J connectivity index is 4.86. The maximum absolute atomic E-state index is 5.81. The molecular formula is C12H27N5. The maximum atomic E-state index is 5.81. The van der Waals surface area contributed by atoms with Crippen molar-refractivity contribution in [3.8, 4) is 0 Å². The number of nitrogens with one attached hydrogen (secondary N) is 1. The molecule has 0 amide bonds. The first-order chi connectivity index (χ1) is 7.61. The highest BCUT2D eigenvalue weighted by atomic mass is 15.5. The fourth-order valence-electron chi connectivity index (χ4n) is 1.52. The summed E-state index contributed by atoms with van der Waals surface area (Å²) in [7, 11) is 1.75. The Morgan fingerprint density at radius 1 is 1.47 bits per heavy atom. The third-order valence-electron chi connectivity index (χ3n) is 3.04. The van der Waals surface area contributed by atoms with Crippen molar-refractivity contribution in [1.82, 2.24) is 10.3 Å². The molecule has 100 valence electrons. The largest absolute Gasteiger partial charge is 0.400 e. The first kappa shape index (κ1) is 16.1. The van der Waals surface area contributed by atoms with Gasteiger partial charge in [0.2, 0.25) is 0 Å². The second-order valence-corrected chi connectivity index (χ2v) is 4.84. The van der Waals surface area contributed by atoms with Crippen LogP contribution in [0.3, 0.4) is 0 Å². The average molecular weight is 241 g/mol. The standard InChI is InChI=1S/C12H27N5/c1-8(7-9(2)13)10(3)16-12(5,11(4)14)17(6)15/h7,9-10,16H,4,13-15H2,1-3,5-6H3/b8-7+. The van der Waals surface area contributed by atoms with Crippen LogP contribution in [0.4, 0.5) is 0 Å². The highest BCUT2D eigenvalue weighted by Gasteiger charge is 2.31. The Bertz CT molecular complexity index is 295. The van der Waals surface area contributed by atoms with Crippen LogP contribution in [0.25, 0.3) is 0 Å². The van der Waals surface area contributed by atoms with E-state index in [0.717, 1.165) is 5.57 Å². The van der Waals surface area contributed by atoms with Gasteiger partial charge in [-0.25, -0.2) is 5.01 Å². The van der Waals surface area contributed by atoms with Gasteiger partial charge in [-0.05, 0) is 27.7 Å². The molecule has 0 aromatic carbocycles. The van der Waals surface area contributed by atoms with Crippen LogP contribution in [0.5, 0.6) is 0 Å². The third-order valence-corrected chi connectivity index (χ3v) is 3.04. The summed E-state index contributed by atoms with van der Waals surface area (Å²) in [6, 6.07) is 0.138. The zero-order valence-electron chi connectivity index (χ0n) is 11.6. The molecular weight excluding hydrogens is 214 g/mol. The van der Waals surface area contributed by atoms with Crippen LogP contribution in [0.1, 0.15) is 27.7 Å². The minimum Gasteiger partial charge on any atom is -0.400 e. The smallest absolute Gasteiger partial charge is 0.121 e. The van der Waals surface area contributed by atoms with Crippen LogP contribution in [-0.2, 0) is 0 Å². The fourth-order valence-corrected chi connectivity index (χ4v) is 1.52. The van der Waals surface area contributed by atoms with Crippen molar-refractivity contribution in [3.05, 3.63) is 23.9 Å². The van der Waals surface area contributed by atoms with Crippen LogP contribution >= 0.6 is 0 Å². The summed E-state index contributed by atoms with van der Waals surface area (Å²) in [6.45, 7) is 11.7. The Kier molecular flexibility index (Phi) is 5.84. The van der Waals surface area contributed by atoms with E-state index >= 15 is 0 Å². The number of hydrogen-bond acceptors (Lipinski definition) is 5. The third kappa shape index (κ3) is 4.47. The Hall–Kier alpha value is -0.880. The van der Waals surface area contributed by atoms with E-state index in [1.54, 1.807) is 7.05 Å². The fraction of sp³-hybridized carbons (Fsp3) is 0.667. The van der Waals surface area contributed by atoms with Crippen LogP contribution in [0, 0.1) is 0 Å². The van der Waals surface area contributed by atoms with Crippen molar-refractivity contribution in [2.24, 2.45) is 17.3 Å². The summed E-state index contributed by atoms with van der Waals surface area (Å²) < 4.78 is 0. The zero-order chi connectivity index (χ0) is 13.8. The van der Waals surface area contributed by atoms with Crippen molar-refractivity contribution in [2.75, 3.05) is 7.05 Å². The molecule has 0 aromatic rings. The van der Waals surface area contributed by atoms with Gasteiger partial charge in [-0.2, -0.15) is 0 Å². The number of hydrogen-bond donors (Lipinski definition) is 4. The average Bonchev–Trinajstić information content (AvgIpc) is 2.15. The van der Waals surface area contributed by atoms with Crippen LogP contribution < -0.4 is 22.6 Å². The SMILES string of the molecule is C=C(N)C(C)(NC(C)/C(C)=C/C(C)N)N(C)N. The monoisotopic (exact) mass is 241 g/mol. The molecule has 0 radical (unpaired) electrons. The molecule has 3 unspecified atom stereocenters. The molecule has 5 nitrogen and oxygen atoms in total. The van der Waals surface area contributed by atoms with Crippen LogP contribution in [0.2, 0.25) is 0 Å². The zero-order valence-corrected chi connectivity index (χ0v) is 11.6. The van der Waals surface area contributed by atoms with Crippen LogP contribution in [0.15, 0.2) is 23.9 Å². The highest BCUT2D eigenvalue weighted by Crippen LogP contribution is 2.15. The van der Waals surface area contributed by atoms with E-state index in [2.05, 4.69) is 11.9 Å². The van der Waals surface area contributed by atoms with Gasteiger partial charge >= 0.3 is 0 Å². The molecule has 0 aliphatic rings. The second-order valence-electron chi connectivity index (χ2n) is 4.84. The number of rotatable bonds is 6. The molecule has 0 fully saturated rings. The molecule has 0 aliphatic heterocycles. The van der Waals surface area contributed by atoms with E-state index < -0.39 is 5.66 Å². The molecule has 0 aromatic heterocycles. The van der Waals surface area contributed by atoms with Crippen molar-refractivity contribution in [2.45, 2.75) is 45.4 Å². The van der Waals surface area contributed by atoms with Gasteiger partial charge in [-0.15, -0.1) is 0 Å². The first-order valence-electron chi connectivity index (χ1n) is 5.76. The van der Waals surface area contributed by atoms with Gasteiger partial charge < -0.3 is 11.5 Å². The van der Waals surface area contributed by atoms with E-state index in [9.17, 15) is 0 Å². The highest BCUT2D eigenvalue weighted by molar-refractivity contribution is 5.15. The van der Waals surface area contributed by atoms with Crippen molar-refractivity contribution in [3.63, 3.8) is 0 Å². The van der Waals surface area contributed by atoms with E-state index in [1.165, 1.54) is 5.01 Å². The van der Waals surface area contributed by atoms with E-state index in [-0.39, 0.29) is 12.1 Å². The van der Waals surface area contributed by atoms with Crippen molar-refractivity contribution < 1.29 is 0 Å². The number of likely N-dealkylation sites (N-methyl/N-ethyl adjacent to an activating group) is 1. The number of hydrazine groups is 1. The molecule has 3 atom stereocenters. The van der Waals surface area contributed by atoms with Gasteiger partial charge in [0, 0.05) is 24.8 Å². The molecule has 17 heavy (non-hydrogen) atoms. The van der Waals surface area contributed by atoms with E-state index in [4.69, 9.17) is 17.3 Å². The van der Waals surface area contributed by atoms with Gasteiger partial charge in [0.15, 0.2) is 0 Å². The lowest BCUT2D eigenvalue weighted by Crippen LogP contribution is -2.63. The normalized spacial score (nSPS) is 19.9. The molecule has 0 saturated heterocycles. The molecule has 0 aliphatic carbocycles. The van der Waals surface area contributed by atoms with Gasteiger partial charge in [0.05, 0.1) is 0 Å². The lowest BCUT2D eigenvalue weighted by molar-refractivity contribution is 0.127. The summed E-state index contributed by atoms with van der Waals surface area (Å²) in [5, 5.41) is 4.87. The lowest BCUT2D eigenvalue weighted by Gasteiger charge is -2.39. The number of nitrogens with two attached hydrogens (primary N) is 3. The predicted molar refractivity (Wildman–Crippen MR) is 73.7 cm³/mol. The van der Waals surface area contributed by atoms with Crippen LogP contribution in [-0.4, -0.2) is 29.8 Å². The van der Waals surface area contributed by atoms with Gasteiger partial charge in [-0.1, -0.05) is 18.2 Å². The molecule has 0 saturated carbocycles. The van der Waals surface area contributed by atoms with Crippen molar-refractivity contribution in [1.29, 1.82) is 0 Å². The van der Waals surface area contributed by atoms with E-state index in [1.807, 2.05) is 33.8 Å². The molecule has 5 heteroatoms. The minimum atomic E-state index is -0.646. The van der Waals surface area contributed by atoms with Gasteiger partial charge in [-0.3, -0.25) is 11.2 Å². The number of nitrogens with zero attached hydrogens (tertiary/aromatic N) is 1. The lowest BCUT2D eigenvalue weighted by atomic mass is 10.0. The Labute approximate surface area is 105 Å². The summed E-state index contributed by atoms with van der Waals surface area (Å²) in [6.07, 6.45) is 2.01. The second kappa shape index (κ2) is 6.16. The minimum absolute atomic E-state index is 0.0298. The quantitative estimate of drug-likeness (QED) is 0.231. The summed E-state index contributed by atoms with van der Waals surface area (Å²) in [4.78, 5) is 0. The molecule has 0 heterocycles. The summed E-state index contributed by atoms with van der Waals surface area (Å²) >= 11 is 0. The Morgan fingerprint density at radius 3 is 2.24 bits per heavy atom. The predicted octanol–water partition coefficient (Wildman–Crippen LogP) is 0.252. The summed E-state index contributed by atoms with van der Waals surface area (Å²) in [5.41, 5.74) is 12.5.